The van der Waals surface area contributed by atoms with Crippen molar-refractivity contribution in [1.29, 1.82) is 0 Å². The van der Waals surface area contributed by atoms with Gasteiger partial charge in [0.15, 0.2) is 11.5 Å². The van der Waals surface area contributed by atoms with Crippen LogP contribution in [0.5, 0.6) is 11.5 Å². The number of urea groups is 1. The summed E-state index contributed by atoms with van der Waals surface area (Å²) in [5.74, 6) is 1.24. The molecule has 2 aromatic carbocycles. The summed E-state index contributed by atoms with van der Waals surface area (Å²) in [6.45, 7) is 6.86. The van der Waals surface area contributed by atoms with E-state index < -0.39 is 11.7 Å². The number of nitrogens with zero attached hydrogens (tertiary/aromatic N) is 1. The SMILES string of the molecule is COc1cc(CN(CCNC(=O)OC(C)(C)C)C(=O)NC2CCCC2)ccc1OCc1ccccc1. The molecule has 196 valence electrons. The van der Waals surface area contributed by atoms with Gasteiger partial charge in [0, 0.05) is 25.7 Å². The number of carbonyl (C=O) groups excluding carboxylic acids is 2. The summed E-state index contributed by atoms with van der Waals surface area (Å²) in [5, 5.41) is 5.88. The van der Waals surface area contributed by atoms with E-state index in [1.807, 2.05) is 69.3 Å². The van der Waals surface area contributed by atoms with E-state index in [9.17, 15) is 9.59 Å². The van der Waals surface area contributed by atoms with Crippen LogP contribution in [0, 0.1) is 0 Å². The van der Waals surface area contributed by atoms with Crippen molar-refractivity contribution < 1.29 is 23.8 Å². The van der Waals surface area contributed by atoms with Gasteiger partial charge in [-0.3, -0.25) is 0 Å². The zero-order valence-corrected chi connectivity index (χ0v) is 21.8. The topological polar surface area (TPSA) is 89.1 Å². The third-order valence-corrected chi connectivity index (χ3v) is 5.86. The van der Waals surface area contributed by atoms with E-state index in [-0.39, 0.29) is 18.6 Å². The summed E-state index contributed by atoms with van der Waals surface area (Å²) in [6, 6.07) is 15.7. The second-order valence-electron chi connectivity index (χ2n) is 10.0. The molecule has 1 saturated carbocycles. The van der Waals surface area contributed by atoms with Crippen LogP contribution >= 0.6 is 0 Å². The van der Waals surface area contributed by atoms with Gasteiger partial charge < -0.3 is 29.7 Å². The fourth-order valence-electron chi connectivity index (χ4n) is 4.08. The highest BCUT2D eigenvalue weighted by Gasteiger charge is 2.22. The average molecular weight is 498 g/mol. The largest absolute Gasteiger partial charge is 0.493 e. The molecular weight excluding hydrogens is 458 g/mol. The quantitative estimate of drug-likeness (QED) is 0.468. The van der Waals surface area contributed by atoms with Gasteiger partial charge in [0.25, 0.3) is 0 Å². The van der Waals surface area contributed by atoms with Crippen molar-refractivity contribution >= 4 is 12.1 Å². The molecule has 8 nitrogen and oxygen atoms in total. The minimum absolute atomic E-state index is 0.142. The Morgan fingerprint density at radius 3 is 2.39 bits per heavy atom. The maximum absolute atomic E-state index is 13.1. The molecule has 8 heteroatoms. The third kappa shape index (κ3) is 8.98. The number of alkyl carbamates (subject to hydrolysis) is 1. The van der Waals surface area contributed by atoms with Crippen molar-refractivity contribution in [2.75, 3.05) is 20.2 Å². The molecule has 0 aliphatic heterocycles. The lowest BCUT2D eigenvalue weighted by Crippen LogP contribution is -2.46. The lowest BCUT2D eigenvalue weighted by atomic mass is 10.2. The molecule has 1 aliphatic rings. The first kappa shape index (κ1) is 27.2. The number of amides is 3. The molecule has 2 N–H and O–H groups in total. The first-order valence-corrected chi connectivity index (χ1v) is 12.6. The summed E-state index contributed by atoms with van der Waals surface area (Å²) >= 11 is 0. The number of hydrogen-bond acceptors (Lipinski definition) is 5. The number of nitrogens with one attached hydrogen (secondary N) is 2. The first-order valence-electron chi connectivity index (χ1n) is 12.6. The van der Waals surface area contributed by atoms with Crippen LogP contribution in [0.3, 0.4) is 0 Å². The van der Waals surface area contributed by atoms with Crippen molar-refractivity contribution in [3.05, 3.63) is 59.7 Å². The number of carbonyl (C=O) groups is 2. The lowest BCUT2D eigenvalue weighted by Gasteiger charge is -2.26. The van der Waals surface area contributed by atoms with Crippen LogP contribution in [0.4, 0.5) is 9.59 Å². The maximum Gasteiger partial charge on any atom is 0.407 e. The average Bonchev–Trinajstić information content (AvgIpc) is 3.35. The molecule has 3 amide bonds. The van der Waals surface area contributed by atoms with E-state index in [1.165, 1.54) is 0 Å². The van der Waals surface area contributed by atoms with Gasteiger partial charge in [-0.15, -0.1) is 0 Å². The standard InChI is InChI=1S/C28H39N3O5/c1-28(2,3)36-27(33)29-16-17-31(26(32)30-23-12-8-9-13-23)19-22-14-15-24(25(18-22)34-4)35-20-21-10-6-5-7-11-21/h5-7,10-11,14-15,18,23H,8-9,12-13,16-17,19-20H2,1-4H3,(H,29,33)(H,30,32). The van der Waals surface area contributed by atoms with E-state index in [4.69, 9.17) is 14.2 Å². The van der Waals surface area contributed by atoms with Gasteiger partial charge >= 0.3 is 12.1 Å². The zero-order valence-electron chi connectivity index (χ0n) is 21.8. The Morgan fingerprint density at radius 2 is 1.72 bits per heavy atom. The smallest absolute Gasteiger partial charge is 0.407 e. The molecule has 0 radical (unpaired) electrons. The first-order chi connectivity index (χ1) is 17.2. The van der Waals surface area contributed by atoms with E-state index in [0.717, 1.165) is 36.8 Å². The van der Waals surface area contributed by atoms with Gasteiger partial charge in [0.2, 0.25) is 0 Å². The highest BCUT2D eigenvalue weighted by Crippen LogP contribution is 2.29. The number of benzene rings is 2. The minimum Gasteiger partial charge on any atom is -0.493 e. The van der Waals surface area contributed by atoms with Crippen LogP contribution in [0.2, 0.25) is 0 Å². The van der Waals surface area contributed by atoms with Crippen molar-refractivity contribution in [1.82, 2.24) is 15.5 Å². The molecule has 1 aliphatic carbocycles. The minimum atomic E-state index is -0.579. The fraction of sp³-hybridized carbons (Fsp3) is 0.500. The summed E-state index contributed by atoms with van der Waals surface area (Å²) < 4.78 is 16.8. The lowest BCUT2D eigenvalue weighted by molar-refractivity contribution is 0.0522. The molecule has 3 rings (SSSR count). The molecule has 0 atom stereocenters. The Kier molecular flexibility index (Phi) is 9.85. The van der Waals surface area contributed by atoms with Crippen LogP contribution in [0.1, 0.15) is 57.6 Å². The summed E-state index contributed by atoms with van der Waals surface area (Å²) in [7, 11) is 1.60. The van der Waals surface area contributed by atoms with E-state index in [0.29, 0.717) is 31.2 Å². The Balaban J connectivity index is 1.64. The van der Waals surface area contributed by atoms with Gasteiger partial charge in [-0.2, -0.15) is 0 Å². The second kappa shape index (κ2) is 13.0. The predicted octanol–water partition coefficient (Wildman–Crippen LogP) is 5.25. The van der Waals surface area contributed by atoms with Crippen LogP contribution < -0.4 is 20.1 Å². The van der Waals surface area contributed by atoms with Crippen LogP contribution in [0.15, 0.2) is 48.5 Å². The Hall–Kier alpha value is -3.42. The summed E-state index contributed by atoms with van der Waals surface area (Å²) in [4.78, 5) is 26.9. The van der Waals surface area contributed by atoms with Gasteiger partial charge in [0.05, 0.1) is 7.11 Å². The second-order valence-corrected chi connectivity index (χ2v) is 10.0. The molecule has 0 aromatic heterocycles. The molecule has 1 fully saturated rings. The highest BCUT2D eigenvalue weighted by atomic mass is 16.6. The van der Waals surface area contributed by atoms with Gasteiger partial charge in [0.1, 0.15) is 12.2 Å². The van der Waals surface area contributed by atoms with Gasteiger partial charge in [-0.1, -0.05) is 49.2 Å². The number of methoxy groups -OCH3 is 1. The van der Waals surface area contributed by atoms with Crippen LogP contribution in [0.25, 0.3) is 0 Å². The Labute approximate surface area is 214 Å². The molecule has 2 aromatic rings. The number of rotatable bonds is 10. The Morgan fingerprint density at radius 1 is 1.00 bits per heavy atom. The molecule has 0 saturated heterocycles. The van der Waals surface area contributed by atoms with Gasteiger partial charge in [-0.05, 0) is 56.9 Å². The Bertz CT molecular complexity index is 984. The molecular formula is C28H39N3O5. The van der Waals surface area contributed by atoms with Crippen molar-refractivity contribution in [2.45, 2.75) is 71.2 Å². The molecule has 0 unspecified atom stereocenters. The van der Waals surface area contributed by atoms with Crippen LogP contribution in [-0.4, -0.2) is 48.9 Å². The fourth-order valence-corrected chi connectivity index (χ4v) is 4.08. The zero-order chi connectivity index (χ0) is 26.0. The summed E-state index contributed by atoms with van der Waals surface area (Å²) in [6.07, 6.45) is 3.76. The predicted molar refractivity (Wildman–Crippen MR) is 139 cm³/mol. The van der Waals surface area contributed by atoms with E-state index in [1.54, 1.807) is 12.0 Å². The number of hydrogen-bond donors (Lipinski definition) is 2. The molecule has 0 heterocycles. The van der Waals surface area contributed by atoms with Gasteiger partial charge in [-0.25, -0.2) is 9.59 Å². The van der Waals surface area contributed by atoms with Crippen molar-refractivity contribution in [2.24, 2.45) is 0 Å². The monoisotopic (exact) mass is 497 g/mol. The highest BCUT2D eigenvalue weighted by molar-refractivity contribution is 5.75. The van der Waals surface area contributed by atoms with E-state index >= 15 is 0 Å². The summed E-state index contributed by atoms with van der Waals surface area (Å²) in [5.41, 5.74) is 1.39. The number of ether oxygens (including phenoxy) is 3. The van der Waals surface area contributed by atoms with E-state index in [2.05, 4.69) is 10.6 Å². The molecule has 0 bridgehead atoms. The normalized spacial score (nSPS) is 13.7. The van der Waals surface area contributed by atoms with Crippen molar-refractivity contribution in [3.63, 3.8) is 0 Å². The van der Waals surface area contributed by atoms with Crippen molar-refractivity contribution in [3.8, 4) is 11.5 Å². The third-order valence-electron chi connectivity index (χ3n) is 5.86. The maximum atomic E-state index is 13.1. The van der Waals surface area contributed by atoms with Crippen LogP contribution in [-0.2, 0) is 17.9 Å². The molecule has 36 heavy (non-hydrogen) atoms. The molecule has 0 spiro atoms.